The summed E-state index contributed by atoms with van der Waals surface area (Å²) in [5.74, 6) is -0.00763. The van der Waals surface area contributed by atoms with E-state index in [1.54, 1.807) is 12.1 Å². The van der Waals surface area contributed by atoms with Gasteiger partial charge < -0.3 is 19.0 Å². The SMILES string of the molecule is COc1cc(OC)c2c(C(C)C)c(C(=O)O)oc2c1. The van der Waals surface area contributed by atoms with Crippen LogP contribution < -0.4 is 9.47 Å². The summed E-state index contributed by atoms with van der Waals surface area (Å²) in [5.41, 5.74) is 1.10. The maximum absolute atomic E-state index is 11.3. The van der Waals surface area contributed by atoms with Crippen LogP contribution in [0.3, 0.4) is 0 Å². The lowest BCUT2D eigenvalue weighted by Gasteiger charge is -2.08. The Morgan fingerprint density at radius 2 is 1.95 bits per heavy atom. The standard InChI is InChI=1S/C14H16O5/c1-7(2)11-12-9(18-4)5-8(17-3)6-10(12)19-13(11)14(15)16/h5-7H,1-4H3,(H,15,16). The van der Waals surface area contributed by atoms with Gasteiger partial charge in [0, 0.05) is 17.7 Å². The van der Waals surface area contributed by atoms with Crippen molar-refractivity contribution < 1.29 is 23.8 Å². The Morgan fingerprint density at radius 1 is 1.26 bits per heavy atom. The highest BCUT2D eigenvalue weighted by molar-refractivity contribution is 5.98. The fourth-order valence-corrected chi connectivity index (χ4v) is 2.18. The number of benzene rings is 1. The second-order valence-electron chi connectivity index (χ2n) is 4.51. The Balaban J connectivity index is 2.87. The van der Waals surface area contributed by atoms with Crippen LogP contribution in [0.15, 0.2) is 16.5 Å². The lowest BCUT2D eigenvalue weighted by atomic mass is 9.98. The van der Waals surface area contributed by atoms with Crippen LogP contribution in [-0.2, 0) is 0 Å². The van der Waals surface area contributed by atoms with Gasteiger partial charge in [0.2, 0.25) is 5.76 Å². The van der Waals surface area contributed by atoms with Crippen molar-refractivity contribution in [3.8, 4) is 11.5 Å². The molecule has 0 radical (unpaired) electrons. The van der Waals surface area contributed by atoms with E-state index in [4.69, 9.17) is 13.9 Å². The number of carboxylic acid groups (broad SMARTS) is 1. The lowest BCUT2D eigenvalue weighted by Crippen LogP contribution is -2.00. The number of furan rings is 1. The van der Waals surface area contributed by atoms with Crippen molar-refractivity contribution in [2.24, 2.45) is 0 Å². The first kappa shape index (κ1) is 13.3. The number of methoxy groups -OCH3 is 2. The molecule has 0 amide bonds. The van der Waals surface area contributed by atoms with Gasteiger partial charge in [-0.15, -0.1) is 0 Å². The van der Waals surface area contributed by atoms with Crippen molar-refractivity contribution in [2.75, 3.05) is 14.2 Å². The maximum atomic E-state index is 11.3. The third-order valence-electron chi connectivity index (χ3n) is 2.99. The van der Waals surface area contributed by atoms with Crippen molar-refractivity contribution in [1.82, 2.24) is 0 Å². The molecule has 0 spiro atoms. The van der Waals surface area contributed by atoms with Crippen molar-refractivity contribution >= 4 is 16.9 Å². The average molecular weight is 264 g/mol. The van der Waals surface area contributed by atoms with Crippen molar-refractivity contribution in [3.63, 3.8) is 0 Å². The number of hydrogen-bond acceptors (Lipinski definition) is 4. The van der Waals surface area contributed by atoms with E-state index in [0.29, 0.717) is 28.0 Å². The Kier molecular flexibility index (Phi) is 3.38. The molecule has 2 rings (SSSR count). The first-order chi connectivity index (χ1) is 8.99. The number of aromatic carboxylic acids is 1. The van der Waals surface area contributed by atoms with Gasteiger partial charge in [0.15, 0.2) is 0 Å². The van der Waals surface area contributed by atoms with Gasteiger partial charge in [-0.1, -0.05) is 13.8 Å². The molecular weight excluding hydrogens is 248 g/mol. The van der Waals surface area contributed by atoms with E-state index in [2.05, 4.69) is 0 Å². The second kappa shape index (κ2) is 4.84. The fourth-order valence-electron chi connectivity index (χ4n) is 2.18. The third-order valence-corrected chi connectivity index (χ3v) is 2.99. The van der Waals surface area contributed by atoms with E-state index in [9.17, 15) is 9.90 Å². The Bertz CT molecular complexity index is 624. The molecule has 5 heteroatoms. The van der Waals surface area contributed by atoms with Gasteiger partial charge in [-0.25, -0.2) is 4.79 Å². The quantitative estimate of drug-likeness (QED) is 0.917. The smallest absolute Gasteiger partial charge is 0.372 e. The largest absolute Gasteiger partial charge is 0.496 e. The summed E-state index contributed by atoms with van der Waals surface area (Å²) in [6.45, 7) is 3.83. The molecule has 0 bridgehead atoms. The van der Waals surface area contributed by atoms with Crippen molar-refractivity contribution in [1.29, 1.82) is 0 Å². The molecule has 0 unspecified atom stereocenters. The van der Waals surface area contributed by atoms with Crippen LogP contribution in [-0.4, -0.2) is 25.3 Å². The maximum Gasteiger partial charge on any atom is 0.372 e. The number of hydrogen-bond donors (Lipinski definition) is 1. The predicted octanol–water partition coefficient (Wildman–Crippen LogP) is 3.27. The molecule has 0 aliphatic rings. The van der Waals surface area contributed by atoms with E-state index in [0.717, 1.165) is 0 Å². The lowest BCUT2D eigenvalue weighted by molar-refractivity contribution is 0.0662. The van der Waals surface area contributed by atoms with Gasteiger partial charge in [-0.05, 0) is 5.92 Å². The summed E-state index contributed by atoms with van der Waals surface area (Å²) in [6, 6.07) is 3.38. The normalized spacial score (nSPS) is 11.0. The van der Waals surface area contributed by atoms with Crippen LogP contribution in [0.4, 0.5) is 0 Å². The van der Waals surface area contributed by atoms with Crippen LogP contribution in [0.5, 0.6) is 11.5 Å². The zero-order chi connectivity index (χ0) is 14.2. The van der Waals surface area contributed by atoms with Gasteiger partial charge in [-0.2, -0.15) is 0 Å². The van der Waals surface area contributed by atoms with Crippen molar-refractivity contribution in [2.45, 2.75) is 19.8 Å². The Morgan fingerprint density at radius 3 is 2.42 bits per heavy atom. The summed E-state index contributed by atoms with van der Waals surface area (Å²) in [7, 11) is 3.07. The molecule has 0 atom stereocenters. The molecule has 19 heavy (non-hydrogen) atoms. The van der Waals surface area contributed by atoms with Gasteiger partial charge in [-0.3, -0.25) is 0 Å². The number of fused-ring (bicyclic) bond motifs is 1. The highest BCUT2D eigenvalue weighted by atomic mass is 16.5. The molecular formula is C14H16O5. The van der Waals surface area contributed by atoms with Crippen LogP contribution in [0.2, 0.25) is 0 Å². The minimum atomic E-state index is -1.08. The molecule has 0 saturated carbocycles. The molecule has 1 heterocycles. The zero-order valence-electron chi connectivity index (χ0n) is 11.3. The van der Waals surface area contributed by atoms with E-state index in [1.165, 1.54) is 14.2 Å². The third kappa shape index (κ3) is 2.12. The Hall–Kier alpha value is -2.17. The van der Waals surface area contributed by atoms with Crippen LogP contribution in [0.25, 0.3) is 11.0 Å². The van der Waals surface area contributed by atoms with E-state index >= 15 is 0 Å². The van der Waals surface area contributed by atoms with Gasteiger partial charge in [0.1, 0.15) is 17.1 Å². The molecule has 0 aliphatic carbocycles. The topological polar surface area (TPSA) is 68.9 Å². The molecule has 1 aromatic heterocycles. The Labute approximate surface area is 110 Å². The molecule has 102 valence electrons. The fraction of sp³-hybridized carbons (Fsp3) is 0.357. The highest BCUT2D eigenvalue weighted by Gasteiger charge is 2.25. The molecule has 5 nitrogen and oxygen atoms in total. The molecule has 1 N–H and O–H groups in total. The van der Waals surface area contributed by atoms with Gasteiger partial charge >= 0.3 is 5.97 Å². The second-order valence-corrected chi connectivity index (χ2v) is 4.51. The van der Waals surface area contributed by atoms with Gasteiger partial charge in [0.05, 0.1) is 19.6 Å². The number of carboxylic acids is 1. The first-order valence-electron chi connectivity index (χ1n) is 5.91. The predicted molar refractivity (Wildman–Crippen MR) is 70.4 cm³/mol. The molecule has 0 aliphatic heterocycles. The first-order valence-corrected chi connectivity index (χ1v) is 5.91. The summed E-state index contributed by atoms with van der Waals surface area (Å²) >= 11 is 0. The molecule has 1 aromatic carbocycles. The minimum Gasteiger partial charge on any atom is -0.496 e. The van der Waals surface area contributed by atoms with Crippen LogP contribution in [0.1, 0.15) is 35.9 Å². The van der Waals surface area contributed by atoms with Crippen molar-refractivity contribution in [3.05, 3.63) is 23.5 Å². The monoisotopic (exact) mass is 264 g/mol. The van der Waals surface area contributed by atoms with Crippen LogP contribution in [0, 0.1) is 0 Å². The summed E-state index contributed by atoms with van der Waals surface area (Å²) in [5, 5.41) is 9.93. The van der Waals surface area contributed by atoms with E-state index < -0.39 is 5.97 Å². The molecule has 0 saturated heterocycles. The number of ether oxygens (including phenoxy) is 2. The zero-order valence-corrected chi connectivity index (χ0v) is 11.3. The van der Waals surface area contributed by atoms with E-state index in [1.807, 2.05) is 13.8 Å². The average Bonchev–Trinajstić information content (AvgIpc) is 2.76. The van der Waals surface area contributed by atoms with Crippen LogP contribution >= 0.6 is 0 Å². The highest BCUT2D eigenvalue weighted by Crippen LogP contribution is 2.40. The molecule has 2 aromatic rings. The number of carbonyl (C=O) groups is 1. The summed E-state index contributed by atoms with van der Waals surface area (Å²) in [6.07, 6.45) is 0. The minimum absolute atomic E-state index is 0.00893. The van der Waals surface area contributed by atoms with Gasteiger partial charge in [0.25, 0.3) is 0 Å². The molecule has 0 fully saturated rings. The summed E-state index contributed by atoms with van der Waals surface area (Å²) in [4.78, 5) is 11.3. The van der Waals surface area contributed by atoms with E-state index in [-0.39, 0.29) is 11.7 Å². The summed E-state index contributed by atoms with van der Waals surface area (Å²) < 4.78 is 15.9. The number of rotatable bonds is 4.